The molecule has 6 N–H and O–H groups in total. The van der Waals surface area contributed by atoms with E-state index in [1.54, 1.807) is 0 Å². The monoisotopic (exact) mass is 616 g/mol. The molecule has 1 rings (SSSR count). The molecule has 1 saturated heterocycles. The maximum Gasteiger partial charge on any atom is 0.322 e. The van der Waals surface area contributed by atoms with Gasteiger partial charge < -0.3 is 35.4 Å². The topological polar surface area (TPSA) is 165 Å². The number of Topliss-reactive ketones (excluding diaryl/α,β-unsaturated/α-hetero) is 1. The van der Waals surface area contributed by atoms with Crippen LogP contribution in [0.2, 0.25) is 0 Å². The van der Waals surface area contributed by atoms with E-state index < -0.39 is 59.9 Å². The van der Waals surface area contributed by atoms with Crippen LogP contribution in [0.5, 0.6) is 0 Å². The molecule has 9 nitrogen and oxygen atoms in total. The lowest BCUT2D eigenvalue weighted by molar-refractivity contribution is -0.257. The Morgan fingerprint density at radius 1 is 0.628 bits per heavy atom. The lowest BCUT2D eigenvalue weighted by Gasteiger charge is -2.48. The van der Waals surface area contributed by atoms with Gasteiger partial charge in [-0.15, -0.1) is 0 Å². The van der Waals surface area contributed by atoms with Gasteiger partial charge in [-0.25, -0.2) is 0 Å². The summed E-state index contributed by atoms with van der Waals surface area (Å²) in [7, 11) is 0. The summed E-state index contributed by atoms with van der Waals surface area (Å²) in [5.41, 5.74) is -2.70. The third-order valence-corrected chi connectivity index (χ3v) is 9.30. The van der Waals surface area contributed by atoms with Crippen LogP contribution in [-0.4, -0.2) is 85.1 Å². The van der Waals surface area contributed by atoms with Crippen LogP contribution >= 0.6 is 0 Å². The average molecular weight is 617 g/mol. The SMILES string of the molecule is CCCCCCCCCCCCC(O)C(=O)C(C(=O)O)(C(O)CCCCCCCCCCC)C1O[C@@H](C)[C@H](O)[C@@H](O)[C@H]1O. The first-order valence-corrected chi connectivity index (χ1v) is 17.4. The van der Waals surface area contributed by atoms with Gasteiger partial charge in [0.2, 0.25) is 0 Å². The first kappa shape index (κ1) is 39.9. The molecule has 0 amide bonds. The molecule has 1 aliphatic rings. The Bertz CT molecular complexity index is 747. The minimum atomic E-state index is -2.70. The smallest absolute Gasteiger partial charge is 0.322 e. The molecule has 9 heteroatoms. The van der Waals surface area contributed by atoms with E-state index >= 15 is 0 Å². The molecule has 0 aromatic rings. The van der Waals surface area contributed by atoms with Gasteiger partial charge in [0.1, 0.15) is 30.5 Å². The third kappa shape index (κ3) is 12.7. The third-order valence-electron chi connectivity index (χ3n) is 9.30. The number of carbonyl (C=O) groups excluding carboxylic acids is 1. The van der Waals surface area contributed by atoms with Crippen LogP contribution in [0.4, 0.5) is 0 Å². The van der Waals surface area contributed by atoms with Crippen LogP contribution in [0.3, 0.4) is 0 Å². The molecule has 0 radical (unpaired) electrons. The molecule has 0 aromatic carbocycles. The Morgan fingerprint density at radius 2 is 1.02 bits per heavy atom. The van der Waals surface area contributed by atoms with E-state index in [0.29, 0.717) is 12.8 Å². The molecule has 0 aliphatic carbocycles. The highest BCUT2D eigenvalue weighted by atomic mass is 16.5. The second kappa shape index (κ2) is 22.4. The lowest BCUT2D eigenvalue weighted by atomic mass is 9.66. The van der Waals surface area contributed by atoms with Gasteiger partial charge >= 0.3 is 5.97 Å². The summed E-state index contributed by atoms with van der Waals surface area (Å²) < 4.78 is 5.66. The van der Waals surface area contributed by atoms with Gasteiger partial charge in [-0.05, 0) is 19.8 Å². The van der Waals surface area contributed by atoms with Crippen LogP contribution in [0.1, 0.15) is 156 Å². The van der Waals surface area contributed by atoms with Gasteiger partial charge in [0.05, 0.1) is 12.2 Å². The van der Waals surface area contributed by atoms with Crippen molar-refractivity contribution < 1.29 is 45.0 Å². The van der Waals surface area contributed by atoms with E-state index in [9.17, 15) is 40.2 Å². The Balaban J connectivity index is 2.88. The molecule has 1 heterocycles. The number of hydrogen-bond acceptors (Lipinski definition) is 8. The summed E-state index contributed by atoms with van der Waals surface area (Å²) in [6.07, 6.45) is 8.03. The fourth-order valence-electron chi connectivity index (χ4n) is 6.40. The van der Waals surface area contributed by atoms with Crippen molar-refractivity contribution in [3.63, 3.8) is 0 Å². The Hall–Kier alpha value is -1.10. The number of ketones is 1. The van der Waals surface area contributed by atoms with Crippen LogP contribution in [0.15, 0.2) is 0 Å². The number of aliphatic hydroxyl groups is 5. The van der Waals surface area contributed by atoms with E-state index in [0.717, 1.165) is 51.4 Å². The number of aliphatic carboxylic acids is 1. The van der Waals surface area contributed by atoms with Crippen molar-refractivity contribution in [1.82, 2.24) is 0 Å². The fourth-order valence-corrected chi connectivity index (χ4v) is 6.40. The largest absolute Gasteiger partial charge is 0.480 e. The second-order valence-corrected chi connectivity index (χ2v) is 12.9. The number of carboxylic acid groups (broad SMARTS) is 1. The van der Waals surface area contributed by atoms with Crippen LogP contribution < -0.4 is 0 Å². The van der Waals surface area contributed by atoms with E-state index in [1.165, 1.54) is 64.7 Å². The van der Waals surface area contributed by atoms with Gasteiger partial charge in [-0.2, -0.15) is 0 Å². The number of rotatable bonds is 26. The number of carboxylic acids is 1. The Morgan fingerprint density at radius 3 is 1.44 bits per heavy atom. The highest BCUT2D eigenvalue weighted by Gasteiger charge is 2.64. The van der Waals surface area contributed by atoms with E-state index in [1.807, 2.05) is 0 Å². The van der Waals surface area contributed by atoms with Crippen molar-refractivity contribution in [2.24, 2.45) is 5.41 Å². The van der Waals surface area contributed by atoms with Crippen molar-refractivity contribution in [3.8, 4) is 0 Å². The summed E-state index contributed by atoms with van der Waals surface area (Å²) in [6.45, 7) is 5.76. The van der Waals surface area contributed by atoms with E-state index in [4.69, 9.17) is 4.74 Å². The minimum absolute atomic E-state index is 0.0265. The van der Waals surface area contributed by atoms with Gasteiger partial charge in [-0.3, -0.25) is 9.59 Å². The van der Waals surface area contributed by atoms with E-state index in [-0.39, 0.29) is 12.8 Å². The number of unbranched alkanes of at least 4 members (excludes halogenated alkanes) is 17. The maximum absolute atomic E-state index is 13.8. The van der Waals surface area contributed by atoms with Crippen LogP contribution in [0, 0.1) is 5.41 Å². The zero-order valence-electron chi connectivity index (χ0n) is 27.3. The van der Waals surface area contributed by atoms with E-state index in [2.05, 4.69) is 13.8 Å². The van der Waals surface area contributed by atoms with Crippen molar-refractivity contribution in [2.45, 2.75) is 198 Å². The molecular formula is C34H64O9. The Kier molecular flexibility index (Phi) is 20.8. The molecule has 0 aromatic heterocycles. The predicted octanol–water partition coefficient (Wildman–Crippen LogP) is 5.45. The first-order chi connectivity index (χ1) is 20.6. The average Bonchev–Trinajstić information content (AvgIpc) is 2.98. The summed E-state index contributed by atoms with van der Waals surface area (Å²) in [5.74, 6) is -2.85. The van der Waals surface area contributed by atoms with Crippen LogP contribution in [-0.2, 0) is 14.3 Å². The summed E-state index contributed by atoms with van der Waals surface area (Å²) in [6, 6.07) is 0. The predicted molar refractivity (Wildman–Crippen MR) is 168 cm³/mol. The van der Waals surface area contributed by atoms with Crippen molar-refractivity contribution in [2.75, 3.05) is 0 Å². The minimum Gasteiger partial charge on any atom is -0.480 e. The van der Waals surface area contributed by atoms with Crippen LogP contribution in [0.25, 0.3) is 0 Å². The number of hydrogen-bond donors (Lipinski definition) is 6. The summed E-state index contributed by atoms with van der Waals surface area (Å²) >= 11 is 0. The zero-order valence-corrected chi connectivity index (χ0v) is 27.3. The van der Waals surface area contributed by atoms with Gasteiger partial charge in [-0.1, -0.05) is 136 Å². The standard InChI is InChI=1S/C34H64O9/c1-4-6-8-10-12-14-16-17-19-21-23-26(35)31(40)34(33(41)42,32-30(39)29(38)28(37)25(3)43-32)27(36)24-22-20-18-15-13-11-9-7-5-2/h25-30,32,35-39H,4-24H2,1-3H3,(H,41,42)/t25-,26?,27?,28-,29+,30+,32?,34?/m0/s1. The van der Waals surface area contributed by atoms with Gasteiger partial charge in [0.25, 0.3) is 0 Å². The molecule has 43 heavy (non-hydrogen) atoms. The number of aliphatic hydroxyl groups excluding tert-OH is 5. The number of carbonyl (C=O) groups is 2. The first-order valence-electron chi connectivity index (χ1n) is 17.4. The molecule has 0 bridgehead atoms. The molecular weight excluding hydrogens is 552 g/mol. The fraction of sp³-hybridized carbons (Fsp3) is 0.941. The maximum atomic E-state index is 13.8. The van der Waals surface area contributed by atoms with Crippen molar-refractivity contribution >= 4 is 11.8 Å². The molecule has 8 atom stereocenters. The molecule has 1 fully saturated rings. The lowest BCUT2D eigenvalue weighted by Crippen LogP contribution is -2.69. The van der Waals surface area contributed by atoms with Gasteiger partial charge in [0.15, 0.2) is 11.2 Å². The van der Waals surface area contributed by atoms with Crippen molar-refractivity contribution in [3.05, 3.63) is 0 Å². The highest BCUT2D eigenvalue weighted by molar-refractivity contribution is 6.06. The normalized spacial score (nSPS) is 25.3. The second-order valence-electron chi connectivity index (χ2n) is 12.9. The number of ether oxygens (including phenoxy) is 1. The highest BCUT2D eigenvalue weighted by Crippen LogP contribution is 2.41. The quantitative estimate of drug-likeness (QED) is 0.0547. The molecule has 254 valence electrons. The summed E-state index contributed by atoms with van der Waals surface area (Å²) in [5, 5.41) is 64.3. The molecule has 1 aliphatic heterocycles. The van der Waals surface area contributed by atoms with Crippen molar-refractivity contribution in [1.29, 1.82) is 0 Å². The molecule has 0 spiro atoms. The molecule has 0 saturated carbocycles. The Labute approximate surface area is 260 Å². The van der Waals surface area contributed by atoms with Gasteiger partial charge in [0, 0.05) is 0 Å². The summed E-state index contributed by atoms with van der Waals surface area (Å²) in [4.78, 5) is 26.7. The molecule has 4 unspecified atom stereocenters. The zero-order chi connectivity index (χ0) is 32.3.